The third kappa shape index (κ3) is 4.20. The monoisotopic (exact) mass is 329 g/mol. The van der Waals surface area contributed by atoms with E-state index in [1.165, 1.54) is 0 Å². The van der Waals surface area contributed by atoms with Crippen LogP contribution in [0, 0.1) is 6.92 Å². The molecule has 0 atom stereocenters. The van der Waals surface area contributed by atoms with Crippen LogP contribution in [0.5, 0.6) is 0 Å². The lowest BCUT2D eigenvalue weighted by Gasteiger charge is -2.04. The number of hydrogen-bond donors (Lipinski definition) is 1. The second kappa shape index (κ2) is 6.66. The van der Waals surface area contributed by atoms with E-state index in [-0.39, 0.29) is 12.5 Å². The molecule has 0 spiro atoms. The molecule has 2 heterocycles. The highest BCUT2D eigenvalue weighted by molar-refractivity contribution is 6.30. The Morgan fingerprint density at radius 3 is 2.74 bits per heavy atom. The van der Waals surface area contributed by atoms with E-state index in [1.807, 2.05) is 43.5 Å². The van der Waals surface area contributed by atoms with Gasteiger partial charge in [0.1, 0.15) is 6.54 Å². The van der Waals surface area contributed by atoms with Crippen LogP contribution in [0.2, 0.25) is 5.02 Å². The van der Waals surface area contributed by atoms with E-state index in [4.69, 9.17) is 11.6 Å². The Labute approximate surface area is 138 Å². The van der Waals surface area contributed by atoms with Crippen molar-refractivity contribution in [2.24, 2.45) is 0 Å². The number of benzene rings is 1. The average Bonchev–Trinajstić information content (AvgIpc) is 3.08. The van der Waals surface area contributed by atoms with Crippen molar-refractivity contribution < 1.29 is 4.79 Å². The number of anilines is 1. The number of aryl methyl sites for hydroxylation is 1. The number of nitrogens with one attached hydrogen (secondary N) is 1. The summed E-state index contributed by atoms with van der Waals surface area (Å²) in [6, 6.07) is 11.2. The van der Waals surface area contributed by atoms with Crippen LogP contribution in [-0.2, 0) is 17.9 Å². The smallest absolute Gasteiger partial charge is 0.247 e. The number of hydrogen-bond acceptors (Lipinski definition) is 3. The predicted molar refractivity (Wildman–Crippen MR) is 88.4 cm³/mol. The van der Waals surface area contributed by atoms with Crippen molar-refractivity contribution in [2.75, 3.05) is 5.32 Å². The number of nitrogens with zero attached hydrogens (tertiary/aromatic N) is 4. The summed E-state index contributed by atoms with van der Waals surface area (Å²) in [6.45, 7) is 2.63. The van der Waals surface area contributed by atoms with E-state index in [2.05, 4.69) is 15.5 Å². The molecule has 0 unspecified atom stereocenters. The third-order valence-corrected chi connectivity index (χ3v) is 3.46. The standard InChI is InChI=1S/C16H16ClN5O/c1-12-5-7-22(19-12)11-16(23)18-15-6-8-21(20-15)10-13-3-2-4-14(17)9-13/h2-9H,10-11H2,1H3,(H,18,20,23). The first-order valence-corrected chi connectivity index (χ1v) is 7.54. The molecular weight excluding hydrogens is 314 g/mol. The molecule has 7 heteroatoms. The quantitative estimate of drug-likeness (QED) is 0.782. The number of halogens is 1. The summed E-state index contributed by atoms with van der Waals surface area (Å²) in [7, 11) is 0. The molecule has 2 aromatic heterocycles. The van der Waals surface area contributed by atoms with Crippen LogP contribution in [0.3, 0.4) is 0 Å². The molecule has 6 nitrogen and oxygen atoms in total. The molecule has 23 heavy (non-hydrogen) atoms. The van der Waals surface area contributed by atoms with E-state index in [0.29, 0.717) is 17.4 Å². The molecule has 3 aromatic rings. The lowest BCUT2D eigenvalue weighted by atomic mass is 10.2. The largest absolute Gasteiger partial charge is 0.308 e. The molecule has 0 aliphatic rings. The Morgan fingerprint density at radius 1 is 1.17 bits per heavy atom. The molecule has 118 valence electrons. The van der Waals surface area contributed by atoms with Crippen molar-refractivity contribution in [1.82, 2.24) is 19.6 Å². The lowest BCUT2D eigenvalue weighted by molar-refractivity contribution is -0.116. The van der Waals surface area contributed by atoms with Gasteiger partial charge in [-0.05, 0) is 30.7 Å². The predicted octanol–water partition coefficient (Wildman–Crippen LogP) is 2.73. The van der Waals surface area contributed by atoms with Crippen LogP contribution in [0.15, 0.2) is 48.8 Å². The Hall–Kier alpha value is -2.60. The molecule has 0 radical (unpaired) electrons. The van der Waals surface area contributed by atoms with Crippen molar-refractivity contribution >= 4 is 23.3 Å². The van der Waals surface area contributed by atoms with Gasteiger partial charge in [-0.1, -0.05) is 23.7 Å². The average molecular weight is 330 g/mol. The van der Waals surface area contributed by atoms with Gasteiger partial charge in [-0.25, -0.2) is 0 Å². The molecule has 0 fully saturated rings. The molecule has 1 aromatic carbocycles. The molecular formula is C16H16ClN5O. The normalized spacial score (nSPS) is 10.7. The summed E-state index contributed by atoms with van der Waals surface area (Å²) in [5, 5.41) is 12.0. The van der Waals surface area contributed by atoms with Gasteiger partial charge in [-0.15, -0.1) is 0 Å². The van der Waals surface area contributed by atoms with Crippen molar-refractivity contribution in [2.45, 2.75) is 20.0 Å². The van der Waals surface area contributed by atoms with E-state index >= 15 is 0 Å². The van der Waals surface area contributed by atoms with Gasteiger partial charge in [0.2, 0.25) is 5.91 Å². The molecule has 0 bridgehead atoms. The highest BCUT2D eigenvalue weighted by atomic mass is 35.5. The third-order valence-electron chi connectivity index (χ3n) is 3.22. The zero-order chi connectivity index (χ0) is 16.2. The Kier molecular flexibility index (Phi) is 4.43. The number of carbonyl (C=O) groups is 1. The summed E-state index contributed by atoms with van der Waals surface area (Å²) in [6.07, 6.45) is 3.58. The minimum Gasteiger partial charge on any atom is -0.308 e. The van der Waals surface area contributed by atoms with E-state index < -0.39 is 0 Å². The first-order valence-electron chi connectivity index (χ1n) is 7.16. The van der Waals surface area contributed by atoms with Crippen molar-refractivity contribution in [1.29, 1.82) is 0 Å². The minimum atomic E-state index is -0.166. The first kappa shape index (κ1) is 15.3. The van der Waals surface area contributed by atoms with Crippen LogP contribution in [0.4, 0.5) is 5.82 Å². The van der Waals surface area contributed by atoms with Crippen LogP contribution >= 0.6 is 11.6 Å². The SMILES string of the molecule is Cc1ccn(CC(=O)Nc2ccn(Cc3cccc(Cl)c3)n2)n1. The Bertz CT molecular complexity index is 823. The van der Waals surface area contributed by atoms with E-state index in [9.17, 15) is 4.79 Å². The fraction of sp³-hybridized carbons (Fsp3) is 0.188. The van der Waals surface area contributed by atoms with E-state index in [0.717, 1.165) is 11.3 Å². The fourth-order valence-electron chi connectivity index (χ4n) is 2.22. The zero-order valence-corrected chi connectivity index (χ0v) is 13.4. The molecule has 1 amide bonds. The van der Waals surface area contributed by atoms with Gasteiger partial charge in [0.05, 0.1) is 12.2 Å². The Balaban J connectivity index is 1.59. The maximum Gasteiger partial charge on any atom is 0.247 e. The molecule has 1 N–H and O–H groups in total. The van der Waals surface area contributed by atoms with Gasteiger partial charge in [0.15, 0.2) is 5.82 Å². The summed E-state index contributed by atoms with van der Waals surface area (Å²) in [5.41, 5.74) is 1.93. The second-order valence-electron chi connectivity index (χ2n) is 5.23. The van der Waals surface area contributed by atoms with Crippen LogP contribution in [-0.4, -0.2) is 25.5 Å². The zero-order valence-electron chi connectivity index (χ0n) is 12.6. The second-order valence-corrected chi connectivity index (χ2v) is 5.67. The van der Waals surface area contributed by atoms with Crippen molar-refractivity contribution in [3.63, 3.8) is 0 Å². The summed E-state index contributed by atoms with van der Waals surface area (Å²) in [4.78, 5) is 12.0. The van der Waals surface area contributed by atoms with Crippen LogP contribution in [0.25, 0.3) is 0 Å². The van der Waals surface area contributed by atoms with Gasteiger partial charge >= 0.3 is 0 Å². The summed E-state index contributed by atoms with van der Waals surface area (Å²) >= 11 is 5.97. The molecule has 0 aliphatic carbocycles. The fourth-order valence-corrected chi connectivity index (χ4v) is 2.43. The maximum absolute atomic E-state index is 12.0. The number of amides is 1. The van der Waals surface area contributed by atoms with Gasteiger partial charge in [0.25, 0.3) is 0 Å². The number of aromatic nitrogens is 4. The lowest BCUT2D eigenvalue weighted by Crippen LogP contribution is -2.19. The maximum atomic E-state index is 12.0. The summed E-state index contributed by atoms with van der Waals surface area (Å²) in [5.74, 6) is 0.349. The summed E-state index contributed by atoms with van der Waals surface area (Å²) < 4.78 is 3.34. The van der Waals surface area contributed by atoms with Gasteiger partial charge in [0, 0.05) is 23.5 Å². The minimum absolute atomic E-state index is 0.162. The van der Waals surface area contributed by atoms with Gasteiger partial charge in [-0.2, -0.15) is 10.2 Å². The van der Waals surface area contributed by atoms with E-state index in [1.54, 1.807) is 21.6 Å². The Morgan fingerprint density at radius 2 is 2.00 bits per heavy atom. The first-order chi connectivity index (χ1) is 11.1. The van der Waals surface area contributed by atoms with Crippen molar-refractivity contribution in [3.8, 4) is 0 Å². The van der Waals surface area contributed by atoms with Crippen molar-refractivity contribution in [3.05, 3.63) is 65.1 Å². The van der Waals surface area contributed by atoms with Crippen LogP contribution in [0.1, 0.15) is 11.3 Å². The molecule has 0 saturated carbocycles. The highest BCUT2D eigenvalue weighted by Gasteiger charge is 2.07. The van der Waals surface area contributed by atoms with Gasteiger partial charge in [-0.3, -0.25) is 14.2 Å². The molecule has 3 rings (SSSR count). The van der Waals surface area contributed by atoms with Gasteiger partial charge < -0.3 is 5.32 Å². The highest BCUT2D eigenvalue weighted by Crippen LogP contribution is 2.12. The molecule has 0 aliphatic heterocycles. The number of carbonyl (C=O) groups excluding carboxylic acids is 1. The number of rotatable bonds is 5. The topological polar surface area (TPSA) is 64.7 Å². The molecule has 0 saturated heterocycles. The van der Waals surface area contributed by atoms with Crippen LogP contribution < -0.4 is 5.32 Å².